The minimum Gasteiger partial charge on any atom is -0.477 e. The Morgan fingerprint density at radius 1 is 1.60 bits per heavy atom. The van der Waals surface area contributed by atoms with Crippen molar-refractivity contribution in [3.63, 3.8) is 0 Å². The number of pyridine rings is 1. The zero-order valence-corrected chi connectivity index (χ0v) is 9.32. The van der Waals surface area contributed by atoms with Crippen LogP contribution in [0.2, 0.25) is 5.02 Å². The van der Waals surface area contributed by atoms with Crippen LogP contribution < -0.4 is 4.74 Å². The van der Waals surface area contributed by atoms with Crippen LogP contribution >= 0.6 is 11.6 Å². The van der Waals surface area contributed by atoms with Crippen molar-refractivity contribution in [2.24, 2.45) is 0 Å². The monoisotopic (exact) mass is 229 g/mol. The quantitative estimate of drug-likeness (QED) is 0.742. The molecule has 4 nitrogen and oxygen atoms in total. The van der Waals surface area contributed by atoms with Crippen molar-refractivity contribution in [3.05, 3.63) is 23.5 Å². The van der Waals surface area contributed by atoms with Gasteiger partial charge in [-0.25, -0.2) is 4.79 Å². The van der Waals surface area contributed by atoms with Gasteiger partial charge in [0.2, 0.25) is 0 Å². The number of esters is 1. The molecule has 15 heavy (non-hydrogen) atoms. The van der Waals surface area contributed by atoms with Crippen LogP contribution in [0.25, 0.3) is 0 Å². The molecule has 0 N–H and O–H groups in total. The number of carbonyl (C=O) groups excluding carboxylic acids is 1. The van der Waals surface area contributed by atoms with Crippen LogP contribution in [0.4, 0.5) is 0 Å². The molecule has 5 heteroatoms. The van der Waals surface area contributed by atoms with E-state index in [0.29, 0.717) is 17.4 Å². The molecule has 1 heterocycles. The van der Waals surface area contributed by atoms with Crippen molar-refractivity contribution in [2.45, 2.75) is 20.0 Å². The second-order valence-electron chi connectivity index (χ2n) is 2.85. The molecule has 82 valence electrons. The van der Waals surface area contributed by atoms with Gasteiger partial charge in [0.05, 0.1) is 17.8 Å². The summed E-state index contributed by atoms with van der Waals surface area (Å²) in [7, 11) is 0. The highest BCUT2D eigenvalue weighted by atomic mass is 35.5. The summed E-state index contributed by atoms with van der Waals surface area (Å²) in [6, 6.07) is 1.59. The second kappa shape index (κ2) is 5.56. The molecule has 0 aromatic carbocycles. The smallest absolute Gasteiger partial charge is 0.347 e. The van der Waals surface area contributed by atoms with Crippen molar-refractivity contribution in [3.8, 4) is 5.75 Å². The first-order valence-electron chi connectivity index (χ1n) is 4.57. The molecule has 0 aliphatic heterocycles. The lowest BCUT2D eigenvalue weighted by Gasteiger charge is -2.12. The maximum absolute atomic E-state index is 11.2. The fourth-order valence-corrected chi connectivity index (χ4v) is 1.13. The van der Waals surface area contributed by atoms with Crippen LogP contribution in [0, 0.1) is 0 Å². The molecule has 1 rings (SSSR count). The molecule has 0 bridgehead atoms. The van der Waals surface area contributed by atoms with Crippen LogP contribution in [-0.4, -0.2) is 23.7 Å². The molecule has 0 fully saturated rings. The lowest BCUT2D eigenvalue weighted by atomic mass is 10.4. The van der Waals surface area contributed by atoms with Crippen molar-refractivity contribution in [1.82, 2.24) is 4.98 Å². The number of hydrogen-bond acceptors (Lipinski definition) is 4. The van der Waals surface area contributed by atoms with Crippen LogP contribution in [-0.2, 0) is 9.53 Å². The summed E-state index contributed by atoms with van der Waals surface area (Å²) in [5.74, 6) is 0.0422. The fraction of sp³-hybridized carbons (Fsp3) is 0.400. The number of rotatable bonds is 4. The predicted molar refractivity (Wildman–Crippen MR) is 56.0 cm³/mol. The summed E-state index contributed by atoms with van der Waals surface area (Å²) in [6.07, 6.45) is 2.32. The van der Waals surface area contributed by atoms with Gasteiger partial charge in [-0.05, 0) is 13.8 Å². The first kappa shape index (κ1) is 11.8. The number of ether oxygens (including phenoxy) is 2. The lowest BCUT2D eigenvalue weighted by Crippen LogP contribution is -2.26. The molecule has 1 unspecified atom stereocenters. The Morgan fingerprint density at radius 3 is 2.93 bits per heavy atom. The molecular formula is C10H12ClNO3. The Morgan fingerprint density at radius 2 is 2.33 bits per heavy atom. The molecule has 1 aromatic heterocycles. The molecule has 0 aliphatic carbocycles. The summed E-state index contributed by atoms with van der Waals surface area (Å²) in [4.78, 5) is 15.1. The zero-order chi connectivity index (χ0) is 11.3. The fourth-order valence-electron chi connectivity index (χ4n) is 0.969. The predicted octanol–water partition coefficient (Wildman–Crippen LogP) is 2.07. The Bertz CT molecular complexity index is 343. The Hall–Kier alpha value is -1.29. The van der Waals surface area contributed by atoms with Crippen LogP contribution in [0.5, 0.6) is 5.75 Å². The van der Waals surface area contributed by atoms with E-state index in [2.05, 4.69) is 4.98 Å². The third kappa shape index (κ3) is 3.75. The molecule has 0 spiro atoms. The Labute approximate surface area is 93.2 Å². The lowest BCUT2D eigenvalue weighted by molar-refractivity contribution is -0.150. The zero-order valence-electron chi connectivity index (χ0n) is 8.57. The van der Waals surface area contributed by atoms with Crippen LogP contribution in [0.15, 0.2) is 18.5 Å². The Kier molecular flexibility index (Phi) is 4.37. The molecule has 1 atom stereocenters. The molecule has 0 aliphatic rings. The van der Waals surface area contributed by atoms with Gasteiger partial charge in [0.15, 0.2) is 6.10 Å². The van der Waals surface area contributed by atoms with E-state index in [1.807, 2.05) is 0 Å². The first-order valence-corrected chi connectivity index (χ1v) is 4.95. The van der Waals surface area contributed by atoms with E-state index in [-0.39, 0.29) is 0 Å². The molecular weight excluding hydrogens is 218 g/mol. The van der Waals surface area contributed by atoms with Crippen molar-refractivity contribution in [2.75, 3.05) is 6.61 Å². The van der Waals surface area contributed by atoms with Gasteiger partial charge in [-0.1, -0.05) is 11.6 Å². The standard InChI is InChI=1S/C10H12ClNO3/c1-3-14-10(13)7(2)15-9-4-8(11)5-12-6-9/h4-7H,3H2,1-2H3. The van der Waals surface area contributed by atoms with Crippen LogP contribution in [0.3, 0.4) is 0 Å². The van der Waals surface area contributed by atoms with Crippen molar-refractivity contribution in [1.29, 1.82) is 0 Å². The largest absolute Gasteiger partial charge is 0.477 e. The third-order valence-electron chi connectivity index (χ3n) is 1.61. The first-order chi connectivity index (χ1) is 7.13. The number of hydrogen-bond donors (Lipinski definition) is 0. The number of halogens is 1. The summed E-state index contributed by atoms with van der Waals surface area (Å²) >= 11 is 5.71. The molecule has 0 amide bonds. The van der Waals surface area contributed by atoms with E-state index in [0.717, 1.165) is 0 Å². The number of aromatic nitrogens is 1. The summed E-state index contributed by atoms with van der Waals surface area (Å²) < 4.78 is 10.1. The van der Waals surface area contributed by atoms with Gasteiger partial charge >= 0.3 is 5.97 Å². The van der Waals surface area contributed by atoms with E-state index < -0.39 is 12.1 Å². The molecule has 1 aromatic rings. The van der Waals surface area contributed by atoms with Crippen molar-refractivity contribution < 1.29 is 14.3 Å². The SMILES string of the molecule is CCOC(=O)C(C)Oc1cncc(Cl)c1. The topological polar surface area (TPSA) is 48.4 Å². The third-order valence-corrected chi connectivity index (χ3v) is 1.82. The van der Waals surface area contributed by atoms with E-state index in [9.17, 15) is 4.79 Å². The molecule has 0 saturated carbocycles. The van der Waals surface area contributed by atoms with Crippen LogP contribution in [0.1, 0.15) is 13.8 Å². The average molecular weight is 230 g/mol. The summed E-state index contributed by atoms with van der Waals surface area (Å²) in [5.41, 5.74) is 0. The average Bonchev–Trinajstić information content (AvgIpc) is 2.18. The number of nitrogens with zero attached hydrogens (tertiary/aromatic N) is 1. The van der Waals surface area contributed by atoms with E-state index in [4.69, 9.17) is 21.1 Å². The number of carbonyl (C=O) groups is 1. The van der Waals surface area contributed by atoms with E-state index in [1.165, 1.54) is 12.4 Å². The van der Waals surface area contributed by atoms with Gasteiger partial charge < -0.3 is 9.47 Å². The normalized spacial score (nSPS) is 11.9. The minimum absolute atomic E-state index is 0.334. The highest BCUT2D eigenvalue weighted by molar-refractivity contribution is 6.30. The van der Waals surface area contributed by atoms with Gasteiger partial charge in [-0.3, -0.25) is 4.98 Å². The van der Waals surface area contributed by atoms with Crippen molar-refractivity contribution >= 4 is 17.6 Å². The van der Waals surface area contributed by atoms with Gasteiger partial charge in [-0.2, -0.15) is 0 Å². The molecule has 0 radical (unpaired) electrons. The van der Waals surface area contributed by atoms with Gasteiger partial charge in [0.25, 0.3) is 0 Å². The van der Waals surface area contributed by atoms with Gasteiger partial charge in [-0.15, -0.1) is 0 Å². The highest BCUT2D eigenvalue weighted by Crippen LogP contribution is 2.16. The van der Waals surface area contributed by atoms with E-state index >= 15 is 0 Å². The minimum atomic E-state index is -0.662. The summed E-state index contributed by atoms with van der Waals surface area (Å²) in [5, 5.41) is 0.462. The maximum Gasteiger partial charge on any atom is 0.347 e. The summed E-state index contributed by atoms with van der Waals surface area (Å²) in [6.45, 7) is 3.69. The van der Waals surface area contributed by atoms with Gasteiger partial charge in [0, 0.05) is 12.3 Å². The van der Waals surface area contributed by atoms with E-state index in [1.54, 1.807) is 19.9 Å². The maximum atomic E-state index is 11.2. The highest BCUT2D eigenvalue weighted by Gasteiger charge is 2.15. The molecule has 0 saturated heterocycles. The van der Waals surface area contributed by atoms with Gasteiger partial charge in [0.1, 0.15) is 5.75 Å². The second-order valence-corrected chi connectivity index (χ2v) is 3.29. The Balaban J connectivity index is 2.58.